The van der Waals surface area contributed by atoms with E-state index in [1.807, 2.05) is 19.2 Å². The van der Waals surface area contributed by atoms with Crippen molar-refractivity contribution in [1.29, 1.82) is 0 Å². The van der Waals surface area contributed by atoms with E-state index in [1.165, 1.54) is 5.57 Å². The predicted molar refractivity (Wildman–Crippen MR) is 77.4 cm³/mol. The van der Waals surface area contributed by atoms with Crippen LogP contribution in [0.4, 0.5) is 5.69 Å². The fourth-order valence-electron chi connectivity index (χ4n) is 1.69. The Balaban J connectivity index is 2.25. The topological polar surface area (TPSA) is 24.9 Å². The van der Waals surface area contributed by atoms with Gasteiger partial charge in [-0.1, -0.05) is 17.7 Å². The molecule has 1 aromatic carbocycles. The van der Waals surface area contributed by atoms with Crippen molar-refractivity contribution in [2.45, 2.75) is 13.3 Å². The molecule has 2 nitrogen and oxygen atoms in total. The monoisotopic (exact) mass is 290 g/mol. The largest absolute Gasteiger partial charge is 0.383 e. The van der Waals surface area contributed by atoms with Crippen LogP contribution in [-0.4, -0.2) is 11.5 Å². The molecule has 0 saturated heterocycles. The molecule has 88 valence electrons. The minimum Gasteiger partial charge on any atom is -0.383 e. The summed E-state index contributed by atoms with van der Waals surface area (Å²) in [6, 6.07) is 8.24. The fraction of sp³-hybridized carbons (Fsp3) is 0.214. The summed E-state index contributed by atoms with van der Waals surface area (Å²) < 4.78 is 1.00. The third-order valence-electron chi connectivity index (χ3n) is 2.54. The van der Waals surface area contributed by atoms with Gasteiger partial charge in [-0.2, -0.15) is 0 Å². The van der Waals surface area contributed by atoms with Gasteiger partial charge in [0.2, 0.25) is 0 Å². The molecular formula is C14H15BrN2. The number of benzene rings is 1. The van der Waals surface area contributed by atoms with E-state index in [2.05, 4.69) is 51.0 Å². The molecule has 0 atom stereocenters. The van der Waals surface area contributed by atoms with Crippen molar-refractivity contribution in [3.63, 3.8) is 0 Å². The average Bonchev–Trinajstić information content (AvgIpc) is 2.28. The third kappa shape index (κ3) is 3.07. The molecule has 0 aliphatic heterocycles. The summed E-state index contributed by atoms with van der Waals surface area (Å²) in [4.78, 5) is 4.45. The molecule has 0 radical (unpaired) electrons. The van der Waals surface area contributed by atoms with E-state index in [-0.39, 0.29) is 0 Å². The number of nitrogens with one attached hydrogen (secondary N) is 1. The van der Waals surface area contributed by atoms with Gasteiger partial charge in [0.1, 0.15) is 0 Å². The summed E-state index contributed by atoms with van der Waals surface area (Å²) in [6.07, 6.45) is 2.80. The second-order valence-corrected chi connectivity index (χ2v) is 5.08. The van der Waals surface area contributed by atoms with E-state index in [4.69, 9.17) is 0 Å². The highest BCUT2D eigenvalue weighted by Gasteiger charge is 2.01. The van der Waals surface area contributed by atoms with Crippen molar-refractivity contribution in [3.05, 3.63) is 47.1 Å². The van der Waals surface area contributed by atoms with Gasteiger partial charge in [-0.3, -0.25) is 4.98 Å². The smallest absolute Gasteiger partial charge is 0.0934 e. The van der Waals surface area contributed by atoms with Gasteiger partial charge in [-0.05, 0) is 41.4 Å². The van der Waals surface area contributed by atoms with E-state index in [1.54, 1.807) is 0 Å². The van der Waals surface area contributed by atoms with Crippen molar-refractivity contribution in [2.75, 3.05) is 11.9 Å². The zero-order valence-electron chi connectivity index (χ0n) is 9.83. The molecule has 0 saturated carbocycles. The molecule has 0 unspecified atom stereocenters. The number of fused-ring (bicyclic) bond motifs is 1. The summed E-state index contributed by atoms with van der Waals surface area (Å²) in [5.74, 6) is 0. The summed E-state index contributed by atoms with van der Waals surface area (Å²) in [5, 5.41) is 4.54. The van der Waals surface area contributed by atoms with Crippen molar-refractivity contribution < 1.29 is 0 Å². The molecule has 1 aromatic heterocycles. The van der Waals surface area contributed by atoms with Crippen LogP contribution in [-0.2, 0) is 0 Å². The highest BCUT2D eigenvalue weighted by molar-refractivity contribution is 9.10. The Hall–Kier alpha value is -1.35. The van der Waals surface area contributed by atoms with E-state index in [9.17, 15) is 0 Å². The normalized spacial score (nSPS) is 10.5. The van der Waals surface area contributed by atoms with Crippen molar-refractivity contribution >= 4 is 32.5 Å². The number of halogens is 1. The van der Waals surface area contributed by atoms with Gasteiger partial charge in [-0.25, -0.2) is 0 Å². The molecule has 2 aromatic rings. The Labute approximate surface area is 110 Å². The molecule has 2 rings (SSSR count). The third-order valence-corrected chi connectivity index (χ3v) is 2.98. The molecule has 0 spiro atoms. The summed E-state index contributed by atoms with van der Waals surface area (Å²) in [5.41, 5.74) is 3.28. The average molecular weight is 291 g/mol. The number of aromatic nitrogens is 1. The number of rotatable bonds is 4. The number of pyridine rings is 1. The van der Waals surface area contributed by atoms with Crippen molar-refractivity contribution in [3.8, 4) is 0 Å². The molecule has 17 heavy (non-hydrogen) atoms. The van der Waals surface area contributed by atoms with Crippen LogP contribution in [0.2, 0.25) is 0 Å². The lowest BCUT2D eigenvalue weighted by atomic mass is 10.2. The maximum atomic E-state index is 4.45. The lowest BCUT2D eigenvalue weighted by molar-refractivity contribution is 1.00. The van der Waals surface area contributed by atoms with Gasteiger partial charge < -0.3 is 5.32 Å². The number of nitrogens with zero attached hydrogens (tertiary/aromatic N) is 1. The van der Waals surface area contributed by atoms with Crippen LogP contribution in [0.15, 0.2) is 47.1 Å². The molecular weight excluding hydrogens is 276 g/mol. The second-order valence-electron chi connectivity index (χ2n) is 4.16. The first-order chi connectivity index (χ1) is 8.16. The Morgan fingerprint density at radius 1 is 1.47 bits per heavy atom. The zero-order chi connectivity index (χ0) is 12.3. The van der Waals surface area contributed by atoms with Gasteiger partial charge in [0.25, 0.3) is 0 Å². The number of para-hydroxylation sites is 1. The van der Waals surface area contributed by atoms with E-state index < -0.39 is 0 Å². The highest BCUT2D eigenvalue weighted by Crippen LogP contribution is 2.23. The van der Waals surface area contributed by atoms with Crippen LogP contribution in [0.25, 0.3) is 10.9 Å². The minimum absolute atomic E-state index is 0.895. The summed E-state index contributed by atoms with van der Waals surface area (Å²) >= 11 is 3.43. The Kier molecular flexibility index (Phi) is 3.79. The Bertz CT molecular complexity index is 549. The molecule has 0 fully saturated rings. The number of hydrogen-bond donors (Lipinski definition) is 1. The Morgan fingerprint density at radius 3 is 3.06 bits per heavy atom. The van der Waals surface area contributed by atoms with Gasteiger partial charge in [0.05, 0.1) is 11.2 Å². The maximum Gasteiger partial charge on any atom is 0.0934 e. The standard InChI is InChI=1S/C14H15BrN2/c1-10(2)6-7-16-13-5-3-4-11-8-12(15)9-17-14(11)13/h3-5,8-9,16H,1,6-7H2,2H3. The SMILES string of the molecule is C=C(C)CCNc1cccc2cc(Br)cnc12. The van der Waals surface area contributed by atoms with Gasteiger partial charge >= 0.3 is 0 Å². The first-order valence-electron chi connectivity index (χ1n) is 5.59. The van der Waals surface area contributed by atoms with Gasteiger partial charge in [0, 0.05) is 22.6 Å². The van der Waals surface area contributed by atoms with Crippen LogP contribution in [0, 0.1) is 0 Å². The van der Waals surface area contributed by atoms with Crippen molar-refractivity contribution in [1.82, 2.24) is 4.98 Å². The first kappa shape index (κ1) is 12.1. The van der Waals surface area contributed by atoms with Crippen LogP contribution >= 0.6 is 15.9 Å². The lowest BCUT2D eigenvalue weighted by Gasteiger charge is -2.09. The van der Waals surface area contributed by atoms with E-state index in [0.29, 0.717) is 0 Å². The summed E-state index contributed by atoms with van der Waals surface area (Å²) in [7, 11) is 0. The van der Waals surface area contributed by atoms with Crippen LogP contribution in [0.5, 0.6) is 0 Å². The molecule has 1 N–H and O–H groups in total. The van der Waals surface area contributed by atoms with Gasteiger partial charge in [0.15, 0.2) is 0 Å². The maximum absolute atomic E-state index is 4.45. The number of anilines is 1. The molecule has 3 heteroatoms. The molecule has 0 amide bonds. The van der Waals surface area contributed by atoms with Crippen molar-refractivity contribution in [2.24, 2.45) is 0 Å². The van der Waals surface area contributed by atoms with Crippen LogP contribution in [0.3, 0.4) is 0 Å². The van der Waals surface area contributed by atoms with Crippen LogP contribution < -0.4 is 5.32 Å². The summed E-state index contributed by atoms with van der Waals surface area (Å²) in [6.45, 7) is 6.84. The first-order valence-corrected chi connectivity index (χ1v) is 6.38. The van der Waals surface area contributed by atoms with Gasteiger partial charge in [-0.15, -0.1) is 6.58 Å². The lowest BCUT2D eigenvalue weighted by Crippen LogP contribution is -2.02. The molecule has 0 bridgehead atoms. The zero-order valence-corrected chi connectivity index (χ0v) is 11.4. The molecule has 1 heterocycles. The minimum atomic E-state index is 0.895. The van der Waals surface area contributed by atoms with Crippen LogP contribution in [0.1, 0.15) is 13.3 Å². The Morgan fingerprint density at radius 2 is 2.29 bits per heavy atom. The van der Waals surface area contributed by atoms with E-state index >= 15 is 0 Å². The predicted octanol–water partition coefficient (Wildman–Crippen LogP) is 4.38. The molecule has 0 aliphatic carbocycles. The fourth-order valence-corrected chi connectivity index (χ4v) is 2.04. The molecule has 0 aliphatic rings. The quantitative estimate of drug-likeness (QED) is 0.846. The van der Waals surface area contributed by atoms with E-state index in [0.717, 1.165) is 34.0 Å². The second kappa shape index (κ2) is 5.32. The number of hydrogen-bond acceptors (Lipinski definition) is 2. The highest BCUT2D eigenvalue weighted by atomic mass is 79.9.